The summed E-state index contributed by atoms with van der Waals surface area (Å²) in [6.07, 6.45) is 3.96. The molecule has 0 atom stereocenters. The summed E-state index contributed by atoms with van der Waals surface area (Å²) in [6, 6.07) is 9.95. The van der Waals surface area contributed by atoms with Crippen molar-refractivity contribution in [3.8, 4) is 0 Å². The number of anilines is 2. The minimum atomic E-state index is -0.579. The van der Waals surface area contributed by atoms with E-state index in [1.807, 2.05) is 35.2 Å². The van der Waals surface area contributed by atoms with Crippen molar-refractivity contribution in [3.63, 3.8) is 0 Å². The number of carbonyl (C=O) groups is 1. The van der Waals surface area contributed by atoms with E-state index in [1.165, 1.54) is 18.2 Å². The van der Waals surface area contributed by atoms with Crippen LogP contribution in [0.25, 0.3) is 0 Å². The minimum absolute atomic E-state index is 0. The molecule has 1 aromatic heterocycles. The lowest BCUT2D eigenvalue weighted by Gasteiger charge is -2.07. The number of aromatic nitrogens is 1. The zero-order valence-corrected chi connectivity index (χ0v) is 12.4. The van der Waals surface area contributed by atoms with E-state index in [4.69, 9.17) is 5.73 Å². The van der Waals surface area contributed by atoms with E-state index >= 15 is 0 Å². The zero-order chi connectivity index (χ0) is 15.2. The lowest BCUT2D eigenvalue weighted by Crippen LogP contribution is -3.00. The number of nitro benzene ring substituents is 1. The highest BCUT2D eigenvalue weighted by molar-refractivity contribution is 5.95. The summed E-state index contributed by atoms with van der Waals surface area (Å²) in [5.74, 6) is -0.251. The first kappa shape index (κ1) is 17.4. The zero-order valence-electron chi connectivity index (χ0n) is 11.6. The average Bonchev–Trinajstić information content (AvgIpc) is 2.48. The van der Waals surface area contributed by atoms with Crippen molar-refractivity contribution in [2.24, 2.45) is 0 Å². The maximum atomic E-state index is 11.9. The van der Waals surface area contributed by atoms with Crippen LogP contribution in [0.2, 0.25) is 0 Å². The Hall–Kier alpha value is -2.67. The van der Waals surface area contributed by atoms with E-state index < -0.39 is 4.92 Å². The Morgan fingerprint density at radius 3 is 2.55 bits per heavy atom. The number of pyridine rings is 1. The molecule has 2 aromatic rings. The Morgan fingerprint density at radius 1 is 1.23 bits per heavy atom. The maximum Gasteiger partial charge on any atom is 0.294 e. The summed E-state index contributed by atoms with van der Waals surface area (Å²) in [7, 11) is 0. The SMILES string of the molecule is Nc1c(NC(=O)CC[n+]2ccccc2)cccc1[N+](=O)[O-].[Cl-]. The molecule has 0 fully saturated rings. The van der Waals surface area contributed by atoms with Crippen LogP contribution in [0.4, 0.5) is 17.1 Å². The van der Waals surface area contributed by atoms with Gasteiger partial charge in [-0.15, -0.1) is 0 Å². The lowest BCUT2D eigenvalue weighted by atomic mass is 10.2. The molecule has 0 bridgehead atoms. The van der Waals surface area contributed by atoms with Crippen molar-refractivity contribution in [1.29, 1.82) is 0 Å². The molecular formula is C14H15ClN4O3. The average molecular weight is 323 g/mol. The van der Waals surface area contributed by atoms with Crippen molar-refractivity contribution in [1.82, 2.24) is 0 Å². The van der Waals surface area contributed by atoms with Gasteiger partial charge < -0.3 is 23.5 Å². The molecule has 0 radical (unpaired) electrons. The number of amides is 1. The summed E-state index contributed by atoms with van der Waals surface area (Å²) in [5, 5.41) is 13.4. The van der Waals surface area contributed by atoms with Gasteiger partial charge in [-0.3, -0.25) is 14.9 Å². The highest BCUT2D eigenvalue weighted by Gasteiger charge is 2.16. The van der Waals surface area contributed by atoms with Gasteiger partial charge in [-0.2, -0.15) is 0 Å². The summed E-state index contributed by atoms with van der Waals surface area (Å²) in [6.45, 7) is 0.515. The van der Waals surface area contributed by atoms with Crippen LogP contribution in [0.3, 0.4) is 0 Å². The number of nitrogens with zero attached hydrogens (tertiary/aromatic N) is 2. The number of nitrogen functional groups attached to an aromatic ring is 1. The van der Waals surface area contributed by atoms with E-state index in [1.54, 1.807) is 0 Å². The van der Waals surface area contributed by atoms with E-state index in [0.29, 0.717) is 6.54 Å². The smallest absolute Gasteiger partial charge is 0.294 e. The third kappa shape index (κ3) is 4.42. The van der Waals surface area contributed by atoms with Crippen LogP contribution in [-0.4, -0.2) is 10.8 Å². The van der Waals surface area contributed by atoms with Crippen LogP contribution < -0.4 is 28.0 Å². The van der Waals surface area contributed by atoms with Crippen LogP contribution in [0.1, 0.15) is 6.42 Å². The van der Waals surface area contributed by atoms with Crippen molar-refractivity contribution >= 4 is 23.0 Å². The summed E-state index contributed by atoms with van der Waals surface area (Å²) < 4.78 is 1.87. The topological polar surface area (TPSA) is 102 Å². The number of hydrogen-bond donors (Lipinski definition) is 2. The molecule has 0 spiro atoms. The van der Waals surface area contributed by atoms with Crippen molar-refractivity contribution in [2.45, 2.75) is 13.0 Å². The summed E-state index contributed by atoms with van der Waals surface area (Å²) in [5.41, 5.74) is 5.68. The van der Waals surface area contributed by atoms with Gasteiger partial charge in [0.25, 0.3) is 5.69 Å². The second-order valence-corrected chi connectivity index (χ2v) is 4.41. The normalized spacial score (nSPS) is 9.64. The molecule has 2 rings (SSSR count). The first-order chi connectivity index (χ1) is 10.1. The van der Waals surface area contributed by atoms with Gasteiger partial charge in [0.05, 0.1) is 17.0 Å². The molecule has 22 heavy (non-hydrogen) atoms. The minimum Gasteiger partial charge on any atom is -1.00 e. The van der Waals surface area contributed by atoms with Crippen LogP contribution >= 0.6 is 0 Å². The Labute approximate surface area is 133 Å². The van der Waals surface area contributed by atoms with Gasteiger partial charge in [0.15, 0.2) is 18.9 Å². The van der Waals surface area contributed by atoms with Crippen molar-refractivity contribution < 1.29 is 26.7 Å². The van der Waals surface area contributed by atoms with Gasteiger partial charge in [0, 0.05) is 18.2 Å². The number of aryl methyl sites for hydroxylation is 1. The molecule has 0 saturated heterocycles. The highest BCUT2D eigenvalue weighted by Crippen LogP contribution is 2.28. The number of carbonyl (C=O) groups excluding carboxylic acids is 1. The Bertz CT molecular complexity index is 664. The predicted molar refractivity (Wildman–Crippen MR) is 77.4 cm³/mol. The number of benzene rings is 1. The van der Waals surface area contributed by atoms with Crippen LogP contribution in [0, 0.1) is 10.1 Å². The molecule has 3 N–H and O–H groups in total. The fourth-order valence-electron chi connectivity index (χ4n) is 1.85. The molecule has 0 aliphatic carbocycles. The number of para-hydroxylation sites is 1. The molecule has 0 saturated carbocycles. The van der Waals surface area contributed by atoms with E-state index in [2.05, 4.69) is 5.32 Å². The van der Waals surface area contributed by atoms with Gasteiger partial charge in [0.1, 0.15) is 5.69 Å². The first-order valence-corrected chi connectivity index (χ1v) is 6.35. The largest absolute Gasteiger partial charge is 1.00 e. The van der Waals surface area contributed by atoms with E-state index in [0.717, 1.165) is 0 Å². The molecule has 0 unspecified atom stereocenters. The Morgan fingerprint density at radius 2 is 1.91 bits per heavy atom. The van der Waals surface area contributed by atoms with Crippen LogP contribution in [0.5, 0.6) is 0 Å². The van der Waals surface area contributed by atoms with Gasteiger partial charge in [0.2, 0.25) is 5.91 Å². The quantitative estimate of drug-likeness (QED) is 0.302. The standard InChI is InChI=1S/C14H14N4O3.ClH/c15-14-11(5-4-6-12(14)18(20)21)16-13(19)7-10-17-8-2-1-3-9-17;/h1-6,8-9H,7,10,15H2;1H. The van der Waals surface area contributed by atoms with Crippen molar-refractivity contribution in [2.75, 3.05) is 11.1 Å². The number of nitro groups is 1. The van der Waals surface area contributed by atoms with Gasteiger partial charge >= 0.3 is 0 Å². The molecule has 1 amide bonds. The molecule has 0 aliphatic rings. The molecular weight excluding hydrogens is 308 g/mol. The van der Waals surface area contributed by atoms with Crippen LogP contribution in [-0.2, 0) is 11.3 Å². The van der Waals surface area contributed by atoms with Gasteiger partial charge in [-0.1, -0.05) is 12.1 Å². The van der Waals surface area contributed by atoms with E-state index in [-0.39, 0.29) is 41.8 Å². The summed E-state index contributed by atoms with van der Waals surface area (Å²) in [4.78, 5) is 22.1. The Kier molecular flexibility index (Phi) is 6.27. The number of nitrogens with two attached hydrogens (primary N) is 1. The molecule has 1 aromatic carbocycles. The molecule has 116 valence electrons. The number of rotatable bonds is 5. The third-order valence-electron chi connectivity index (χ3n) is 2.93. The molecule has 7 nitrogen and oxygen atoms in total. The first-order valence-electron chi connectivity index (χ1n) is 6.35. The third-order valence-corrected chi connectivity index (χ3v) is 2.93. The van der Waals surface area contributed by atoms with Crippen molar-refractivity contribution in [3.05, 3.63) is 58.9 Å². The Balaban J connectivity index is 0.00000242. The molecule has 0 aliphatic heterocycles. The molecule has 1 heterocycles. The molecule has 8 heteroatoms. The van der Waals surface area contributed by atoms with E-state index in [9.17, 15) is 14.9 Å². The number of hydrogen-bond acceptors (Lipinski definition) is 4. The summed E-state index contributed by atoms with van der Waals surface area (Å²) >= 11 is 0. The lowest BCUT2D eigenvalue weighted by molar-refractivity contribution is -0.695. The maximum absolute atomic E-state index is 11.9. The van der Waals surface area contributed by atoms with Gasteiger partial charge in [-0.05, 0) is 6.07 Å². The second kappa shape index (κ2) is 7.94. The predicted octanol–water partition coefficient (Wildman–Crippen LogP) is -1.50. The fourth-order valence-corrected chi connectivity index (χ4v) is 1.85. The second-order valence-electron chi connectivity index (χ2n) is 4.41. The van der Waals surface area contributed by atoms with Gasteiger partial charge in [-0.25, -0.2) is 4.57 Å². The fraction of sp³-hybridized carbons (Fsp3) is 0.143. The monoisotopic (exact) mass is 322 g/mol. The van der Waals surface area contributed by atoms with Crippen LogP contribution in [0.15, 0.2) is 48.8 Å². The number of nitrogens with one attached hydrogen (secondary N) is 1. The highest BCUT2D eigenvalue weighted by atomic mass is 35.5. The number of halogens is 1.